The zero-order valence-corrected chi connectivity index (χ0v) is 21.5. The highest BCUT2D eigenvalue weighted by molar-refractivity contribution is 9.10. The number of amides is 3. The molecule has 9 heteroatoms. The molecule has 1 aliphatic carbocycles. The van der Waals surface area contributed by atoms with E-state index in [1.807, 2.05) is 24.3 Å². The first-order valence-electron chi connectivity index (χ1n) is 12.5. The lowest BCUT2D eigenvalue weighted by Gasteiger charge is -2.34. The molecule has 5 rings (SSSR count). The number of nitrogens with zero attached hydrogens (tertiary/aromatic N) is 1. The predicted octanol–water partition coefficient (Wildman–Crippen LogP) is 3.02. The minimum absolute atomic E-state index is 0.113. The molecule has 0 unspecified atom stereocenters. The average Bonchev–Trinajstić information content (AvgIpc) is 3.49. The number of carbonyl (C=O) groups excluding carboxylic acids is 3. The summed E-state index contributed by atoms with van der Waals surface area (Å²) >= 11 is 3.40. The number of ether oxygens (including phenoxy) is 2. The van der Waals surface area contributed by atoms with Crippen LogP contribution in [0.1, 0.15) is 38.5 Å². The maximum atomic E-state index is 13.8. The molecule has 2 saturated heterocycles. The van der Waals surface area contributed by atoms with Gasteiger partial charge in [-0.25, -0.2) is 0 Å². The van der Waals surface area contributed by atoms with Crippen LogP contribution in [0.2, 0.25) is 0 Å². The predicted molar refractivity (Wildman–Crippen MR) is 134 cm³/mol. The Kier molecular flexibility index (Phi) is 7.01. The Morgan fingerprint density at radius 3 is 2.63 bits per heavy atom. The van der Waals surface area contributed by atoms with E-state index in [2.05, 4.69) is 26.6 Å². The van der Waals surface area contributed by atoms with Crippen molar-refractivity contribution < 1.29 is 23.9 Å². The molecule has 0 radical (unpaired) electrons. The topological polar surface area (TPSA) is 97.0 Å². The van der Waals surface area contributed by atoms with Gasteiger partial charge in [-0.3, -0.25) is 14.4 Å². The second-order valence-corrected chi connectivity index (χ2v) is 10.8. The van der Waals surface area contributed by atoms with Gasteiger partial charge in [0, 0.05) is 36.5 Å². The minimum atomic E-state index is -1.13. The lowest BCUT2D eigenvalue weighted by molar-refractivity contribution is -0.141. The number of carbonyl (C=O) groups is 3. The van der Waals surface area contributed by atoms with E-state index in [4.69, 9.17) is 9.47 Å². The molecule has 1 saturated carbocycles. The first-order valence-corrected chi connectivity index (χ1v) is 13.3. The van der Waals surface area contributed by atoms with Crippen LogP contribution in [-0.2, 0) is 23.9 Å². The Bertz CT molecular complexity index is 1010. The van der Waals surface area contributed by atoms with Crippen LogP contribution >= 0.6 is 15.9 Å². The molecule has 3 amide bonds. The van der Waals surface area contributed by atoms with Crippen molar-refractivity contribution in [3.63, 3.8) is 0 Å². The lowest BCUT2D eigenvalue weighted by atomic mass is 9.74. The minimum Gasteiger partial charge on any atom is -0.385 e. The van der Waals surface area contributed by atoms with Gasteiger partial charge in [-0.05, 0) is 43.5 Å². The summed E-state index contributed by atoms with van der Waals surface area (Å²) < 4.78 is 12.5. The Balaban J connectivity index is 1.41. The van der Waals surface area contributed by atoms with E-state index in [1.165, 1.54) is 6.42 Å². The van der Waals surface area contributed by atoms with Gasteiger partial charge in [-0.2, -0.15) is 0 Å². The summed E-state index contributed by atoms with van der Waals surface area (Å²) in [6.07, 6.45) is 9.03. The molecule has 2 N–H and O–H groups in total. The molecule has 8 nitrogen and oxygen atoms in total. The zero-order valence-electron chi connectivity index (χ0n) is 19.9. The number of anilines is 1. The number of nitrogens with one attached hydrogen (secondary N) is 2. The van der Waals surface area contributed by atoms with Crippen LogP contribution in [0.15, 0.2) is 40.9 Å². The zero-order chi connectivity index (χ0) is 24.6. The number of rotatable bonds is 8. The fourth-order valence-corrected chi connectivity index (χ4v) is 6.44. The summed E-state index contributed by atoms with van der Waals surface area (Å²) in [6.45, 7) is 0.849. The van der Waals surface area contributed by atoms with Crippen molar-refractivity contribution in [2.24, 2.45) is 11.8 Å². The third-order valence-corrected chi connectivity index (χ3v) is 8.26. The van der Waals surface area contributed by atoms with E-state index >= 15 is 0 Å². The van der Waals surface area contributed by atoms with Gasteiger partial charge in [-0.1, -0.05) is 47.3 Å². The molecule has 4 aliphatic rings. The highest BCUT2D eigenvalue weighted by Gasteiger charge is 2.72. The van der Waals surface area contributed by atoms with E-state index in [0.29, 0.717) is 25.3 Å². The van der Waals surface area contributed by atoms with E-state index in [-0.39, 0.29) is 23.8 Å². The van der Waals surface area contributed by atoms with Crippen molar-refractivity contribution in [1.82, 2.24) is 10.2 Å². The monoisotopic (exact) mass is 545 g/mol. The van der Waals surface area contributed by atoms with Crippen molar-refractivity contribution in [1.29, 1.82) is 0 Å². The second-order valence-electron chi connectivity index (χ2n) is 9.92. The lowest BCUT2D eigenvalue weighted by Crippen LogP contribution is -2.56. The van der Waals surface area contributed by atoms with Crippen molar-refractivity contribution >= 4 is 39.3 Å². The van der Waals surface area contributed by atoms with Gasteiger partial charge in [0.25, 0.3) is 0 Å². The molecule has 188 valence electrons. The first-order chi connectivity index (χ1) is 16.9. The van der Waals surface area contributed by atoms with E-state index in [9.17, 15) is 14.4 Å². The van der Waals surface area contributed by atoms with Crippen molar-refractivity contribution in [2.45, 2.75) is 62.3 Å². The SMILES string of the molecule is COCCCN1C(=O)[C@H]2[C@H](C(=O)Nc3ccc(Br)cc3)[C@H]3C=C[C@@]2(O3)[C@@H]1C(=O)NC1CCCCC1. The molecule has 35 heavy (non-hydrogen) atoms. The van der Waals surface area contributed by atoms with Crippen LogP contribution in [-0.4, -0.2) is 66.7 Å². The largest absolute Gasteiger partial charge is 0.385 e. The standard InChI is InChI=1S/C26H32BrN3O5/c1-34-15-5-14-30-22(24(32)29-17-6-3-2-4-7-17)26-13-12-19(35-26)20(21(26)25(30)33)23(31)28-18-10-8-16(27)9-11-18/h8-13,17,19-22H,2-7,14-15H2,1H3,(H,28,31)(H,29,32)/t19-,20-,21-,22+,26+/m1/s1. The fraction of sp³-hybridized carbons (Fsp3) is 0.577. The van der Waals surface area contributed by atoms with E-state index < -0.39 is 29.6 Å². The summed E-state index contributed by atoms with van der Waals surface area (Å²) in [5.74, 6) is -2.10. The van der Waals surface area contributed by atoms with Gasteiger partial charge in [0.1, 0.15) is 11.6 Å². The van der Waals surface area contributed by atoms with Gasteiger partial charge in [0.05, 0.1) is 17.9 Å². The molecule has 3 fully saturated rings. The summed E-state index contributed by atoms with van der Waals surface area (Å²) in [4.78, 5) is 42.5. The molecule has 3 aliphatic heterocycles. The number of hydrogen-bond acceptors (Lipinski definition) is 5. The maximum absolute atomic E-state index is 13.8. The smallest absolute Gasteiger partial charge is 0.246 e. The number of hydrogen-bond donors (Lipinski definition) is 2. The highest BCUT2D eigenvalue weighted by atomic mass is 79.9. The number of halogens is 1. The molecule has 0 aromatic heterocycles. The van der Waals surface area contributed by atoms with Gasteiger partial charge >= 0.3 is 0 Å². The molecule has 2 bridgehead atoms. The van der Waals surface area contributed by atoms with Crippen molar-refractivity contribution in [3.8, 4) is 0 Å². The summed E-state index contributed by atoms with van der Waals surface area (Å²) in [7, 11) is 1.61. The van der Waals surface area contributed by atoms with Crippen LogP contribution in [0.25, 0.3) is 0 Å². The molecular formula is C26H32BrN3O5. The third kappa shape index (κ3) is 4.42. The summed E-state index contributed by atoms with van der Waals surface area (Å²) in [5, 5.41) is 6.14. The molecule has 1 aromatic carbocycles. The molecular weight excluding hydrogens is 514 g/mol. The highest BCUT2D eigenvalue weighted by Crippen LogP contribution is 2.55. The quantitative estimate of drug-likeness (QED) is 0.386. The Morgan fingerprint density at radius 1 is 1.17 bits per heavy atom. The summed E-state index contributed by atoms with van der Waals surface area (Å²) in [5.41, 5.74) is -0.483. The van der Waals surface area contributed by atoms with E-state index in [0.717, 1.165) is 30.2 Å². The first kappa shape index (κ1) is 24.5. The van der Waals surface area contributed by atoms with Crippen LogP contribution in [0, 0.1) is 11.8 Å². The summed E-state index contributed by atoms with van der Waals surface area (Å²) in [6, 6.07) is 6.61. The molecule has 1 spiro atoms. The molecule has 3 heterocycles. The van der Waals surface area contributed by atoms with Gasteiger partial charge in [0.15, 0.2) is 0 Å². The number of likely N-dealkylation sites (tertiary alicyclic amines) is 1. The fourth-order valence-electron chi connectivity index (χ4n) is 6.17. The van der Waals surface area contributed by atoms with Crippen LogP contribution < -0.4 is 10.6 Å². The number of methoxy groups -OCH3 is 1. The van der Waals surface area contributed by atoms with Crippen molar-refractivity contribution in [3.05, 3.63) is 40.9 Å². The molecule has 5 atom stereocenters. The molecule has 1 aromatic rings. The third-order valence-electron chi connectivity index (χ3n) is 7.74. The van der Waals surface area contributed by atoms with Gasteiger partial charge < -0.3 is 25.0 Å². The van der Waals surface area contributed by atoms with Crippen molar-refractivity contribution in [2.75, 3.05) is 25.6 Å². The Morgan fingerprint density at radius 2 is 1.91 bits per heavy atom. The number of fused-ring (bicyclic) bond motifs is 1. The van der Waals surface area contributed by atoms with Crippen LogP contribution in [0.3, 0.4) is 0 Å². The van der Waals surface area contributed by atoms with Crippen LogP contribution in [0.5, 0.6) is 0 Å². The normalized spacial score (nSPS) is 31.6. The maximum Gasteiger partial charge on any atom is 0.246 e. The van der Waals surface area contributed by atoms with Gasteiger partial charge in [-0.15, -0.1) is 0 Å². The van der Waals surface area contributed by atoms with E-state index in [1.54, 1.807) is 24.1 Å². The number of benzene rings is 1. The second kappa shape index (κ2) is 10.0. The van der Waals surface area contributed by atoms with Gasteiger partial charge in [0.2, 0.25) is 17.7 Å². The van der Waals surface area contributed by atoms with Crippen LogP contribution in [0.4, 0.5) is 5.69 Å². The Labute approximate surface area is 213 Å². The Hall–Kier alpha value is -2.23. The average molecular weight is 546 g/mol.